The number of carbonyl (C=O) groups is 2. The lowest BCUT2D eigenvalue weighted by atomic mass is 10.1. The second-order valence-corrected chi connectivity index (χ2v) is 7.94. The maximum absolute atomic E-state index is 12.9. The third-order valence-corrected chi connectivity index (χ3v) is 5.97. The number of ether oxygens (including phenoxy) is 2. The number of nitrogens with zero attached hydrogens (tertiary/aromatic N) is 2. The highest BCUT2D eigenvalue weighted by Gasteiger charge is 2.34. The van der Waals surface area contributed by atoms with E-state index in [0.29, 0.717) is 37.7 Å². The smallest absolute Gasteiger partial charge is 0.267 e. The highest BCUT2D eigenvalue weighted by molar-refractivity contribution is 5.94. The molecule has 2 heterocycles. The highest BCUT2D eigenvalue weighted by atomic mass is 16.6. The average Bonchev–Trinajstić information content (AvgIpc) is 2.83. The summed E-state index contributed by atoms with van der Waals surface area (Å²) in [6, 6.07) is 15.0. The highest BCUT2D eigenvalue weighted by Crippen LogP contribution is 2.31. The molecule has 7 nitrogen and oxygen atoms in total. The molecule has 31 heavy (non-hydrogen) atoms. The summed E-state index contributed by atoms with van der Waals surface area (Å²) in [5.74, 6) is 1.16. The topological polar surface area (TPSA) is 71.1 Å². The minimum absolute atomic E-state index is 0.0374. The van der Waals surface area contributed by atoms with E-state index in [2.05, 4.69) is 17.1 Å². The molecule has 4 rings (SSSR count). The predicted octanol–water partition coefficient (Wildman–Crippen LogP) is 2.56. The van der Waals surface area contributed by atoms with Crippen LogP contribution in [0.3, 0.4) is 0 Å². The number of nitrogens with one attached hydrogen (secondary N) is 1. The Kier molecular flexibility index (Phi) is 6.42. The molecule has 2 aliphatic heterocycles. The number of hydrogen-bond acceptors (Lipinski definition) is 5. The van der Waals surface area contributed by atoms with Gasteiger partial charge in [0.1, 0.15) is 6.61 Å². The Morgan fingerprint density at radius 2 is 1.71 bits per heavy atom. The monoisotopic (exact) mass is 423 g/mol. The normalized spacial score (nSPS) is 19.5. The van der Waals surface area contributed by atoms with Crippen LogP contribution in [0.1, 0.15) is 19.4 Å². The van der Waals surface area contributed by atoms with Crippen molar-refractivity contribution in [3.05, 3.63) is 54.1 Å². The first-order valence-corrected chi connectivity index (χ1v) is 10.9. The van der Waals surface area contributed by atoms with Gasteiger partial charge in [0.15, 0.2) is 11.5 Å². The lowest BCUT2D eigenvalue weighted by Crippen LogP contribution is -2.57. The summed E-state index contributed by atoms with van der Waals surface area (Å²) in [5, 5.41) is 2.99. The zero-order valence-corrected chi connectivity index (χ0v) is 18.0. The van der Waals surface area contributed by atoms with Crippen LogP contribution >= 0.6 is 0 Å². The molecule has 7 heteroatoms. The van der Waals surface area contributed by atoms with Gasteiger partial charge in [0.05, 0.1) is 6.04 Å². The van der Waals surface area contributed by atoms with Crippen molar-refractivity contribution in [2.75, 3.05) is 38.1 Å². The number of amides is 2. The molecule has 2 aromatic rings. The number of benzene rings is 2. The summed E-state index contributed by atoms with van der Waals surface area (Å²) in [4.78, 5) is 29.5. The van der Waals surface area contributed by atoms with Gasteiger partial charge in [0.25, 0.3) is 5.91 Å². The SMILES string of the molecule is CCc1ccc(NC(=O)[C@@H](C)N2CCN(C(=O)[C@@H]3COc4ccccc4O3)CC2)cc1. The van der Waals surface area contributed by atoms with Crippen LogP contribution in [-0.4, -0.2) is 66.5 Å². The maximum atomic E-state index is 12.9. The van der Waals surface area contributed by atoms with E-state index in [1.54, 1.807) is 4.90 Å². The molecule has 2 aromatic carbocycles. The Morgan fingerprint density at radius 1 is 1.03 bits per heavy atom. The third-order valence-electron chi connectivity index (χ3n) is 5.97. The Bertz CT molecular complexity index is 923. The van der Waals surface area contributed by atoms with Gasteiger partial charge < -0.3 is 19.7 Å². The molecule has 0 saturated carbocycles. The van der Waals surface area contributed by atoms with Gasteiger partial charge in [-0.3, -0.25) is 14.5 Å². The number of hydrogen-bond donors (Lipinski definition) is 1. The van der Waals surface area contributed by atoms with Crippen LogP contribution in [0.5, 0.6) is 11.5 Å². The molecule has 0 bridgehead atoms. The van der Waals surface area contributed by atoms with Gasteiger partial charge >= 0.3 is 0 Å². The number of rotatable bonds is 5. The van der Waals surface area contributed by atoms with Crippen LogP contribution in [0.2, 0.25) is 0 Å². The lowest BCUT2D eigenvalue weighted by molar-refractivity contribution is -0.143. The van der Waals surface area contributed by atoms with E-state index in [1.165, 1.54) is 5.56 Å². The van der Waals surface area contributed by atoms with E-state index in [4.69, 9.17) is 9.47 Å². The van der Waals surface area contributed by atoms with E-state index in [-0.39, 0.29) is 24.5 Å². The van der Waals surface area contributed by atoms with Crippen LogP contribution in [-0.2, 0) is 16.0 Å². The first-order valence-electron chi connectivity index (χ1n) is 10.9. The summed E-state index contributed by atoms with van der Waals surface area (Å²) < 4.78 is 11.5. The van der Waals surface area contributed by atoms with E-state index < -0.39 is 6.10 Å². The van der Waals surface area contributed by atoms with Gasteiger partial charge in [-0.05, 0) is 43.2 Å². The molecule has 0 aromatic heterocycles. The van der Waals surface area contributed by atoms with E-state index in [0.717, 1.165) is 12.1 Å². The summed E-state index contributed by atoms with van der Waals surface area (Å²) in [7, 11) is 0. The number of piperazine rings is 1. The summed E-state index contributed by atoms with van der Waals surface area (Å²) in [5.41, 5.74) is 2.04. The van der Waals surface area contributed by atoms with Crippen molar-refractivity contribution in [3.8, 4) is 11.5 Å². The Hall–Kier alpha value is -3.06. The maximum Gasteiger partial charge on any atom is 0.267 e. The molecule has 0 aliphatic carbocycles. The second-order valence-electron chi connectivity index (χ2n) is 7.94. The molecule has 1 saturated heterocycles. The van der Waals surface area contributed by atoms with Gasteiger partial charge in [-0.25, -0.2) is 0 Å². The van der Waals surface area contributed by atoms with Gasteiger partial charge in [-0.2, -0.15) is 0 Å². The Morgan fingerprint density at radius 3 is 2.39 bits per heavy atom. The first-order chi connectivity index (χ1) is 15.0. The van der Waals surface area contributed by atoms with Crippen LogP contribution in [0, 0.1) is 0 Å². The second kappa shape index (κ2) is 9.39. The number of para-hydroxylation sites is 2. The number of anilines is 1. The van der Waals surface area contributed by atoms with Gasteiger partial charge in [0.2, 0.25) is 12.0 Å². The van der Waals surface area contributed by atoms with Crippen molar-refractivity contribution in [3.63, 3.8) is 0 Å². The molecular formula is C24H29N3O4. The van der Waals surface area contributed by atoms with Crippen molar-refractivity contribution >= 4 is 17.5 Å². The molecule has 0 radical (unpaired) electrons. The van der Waals surface area contributed by atoms with E-state index in [1.807, 2.05) is 55.5 Å². The first kappa shape index (κ1) is 21.2. The fourth-order valence-corrected chi connectivity index (χ4v) is 3.91. The molecule has 0 spiro atoms. The van der Waals surface area contributed by atoms with Gasteiger partial charge in [-0.1, -0.05) is 31.2 Å². The van der Waals surface area contributed by atoms with Crippen LogP contribution in [0.15, 0.2) is 48.5 Å². The quantitative estimate of drug-likeness (QED) is 0.800. The minimum atomic E-state index is -0.631. The summed E-state index contributed by atoms with van der Waals surface area (Å²) in [6.45, 7) is 6.62. The molecule has 2 aliphatic rings. The molecule has 1 fully saturated rings. The van der Waals surface area contributed by atoms with E-state index in [9.17, 15) is 9.59 Å². The largest absolute Gasteiger partial charge is 0.485 e. The van der Waals surface area contributed by atoms with E-state index >= 15 is 0 Å². The predicted molar refractivity (Wildman–Crippen MR) is 118 cm³/mol. The van der Waals surface area contributed by atoms with Crippen molar-refractivity contribution in [2.45, 2.75) is 32.4 Å². The Labute approximate surface area is 182 Å². The third kappa shape index (κ3) is 4.82. The average molecular weight is 424 g/mol. The minimum Gasteiger partial charge on any atom is -0.485 e. The number of fused-ring (bicyclic) bond motifs is 1. The Balaban J connectivity index is 1.27. The van der Waals surface area contributed by atoms with Crippen molar-refractivity contribution in [2.24, 2.45) is 0 Å². The lowest BCUT2D eigenvalue weighted by Gasteiger charge is -2.39. The molecule has 0 unspecified atom stereocenters. The van der Waals surface area contributed by atoms with Crippen molar-refractivity contribution in [1.29, 1.82) is 0 Å². The van der Waals surface area contributed by atoms with Gasteiger partial charge in [-0.15, -0.1) is 0 Å². The van der Waals surface area contributed by atoms with Crippen LogP contribution in [0.25, 0.3) is 0 Å². The fraction of sp³-hybridized carbons (Fsp3) is 0.417. The van der Waals surface area contributed by atoms with Crippen molar-refractivity contribution < 1.29 is 19.1 Å². The molecule has 1 N–H and O–H groups in total. The van der Waals surface area contributed by atoms with Crippen LogP contribution in [0.4, 0.5) is 5.69 Å². The van der Waals surface area contributed by atoms with Crippen molar-refractivity contribution in [1.82, 2.24) is 9.80 Å². The molecule has 2 amide bonds. The zero-order chi connectivity index (χ0) is 21.8. The molecule has 164 valence electrons. The summed E-state index contributed by atoms with van der Waals surface area (Å²) >= 11 is 0. The number of carbonyl (C=O) groups excluding carboxylic acids is 2. The zero-order valence-electron chi connectivity index (χ0n) is 18.0. The van der Waals surface area contributed by atoms with Gasteiger partial charge in [0, 0.05) is 31.9 Å². The number of aryl methyl sites for hydroxylation is 1. The standard InChI is InChI=1S/C24H29N3O4/c1-3-18-8-10-19(11-9-18)25-23(28)17(2)26-12-14-27(15-13-26)24(29)22-16-30-20-6-4-5-7-21(20)31-22/h4-11,17,22H,3,12-16H2,1-2H3,(H,25,28)/t17-,22+/m1/s1. The summed E-state index contributed by atoms with van der Waals surface area (Å²) in [6.07, 6.45) is 0.339. The molecule has 2 atom stereocenters. The molecular weight excluding hydrogens is 394 g/mol. The van der Waals surface area contributed by atoms with Crippen LogP contribution < -0.4 is 14.8 Å². The fourth-order valence-electron chi connectivity index (χ4n) is 3.91.